The van der Waals surface area contributed by atoms with Crippen molar-refractivity contribution in [3.05, 3.63) is 173 Å². The number of hydrogen-bond donors (Lipinski definition) is 0. The van der Waals surface area contributed by atoms with Crippen LogP contribution in [0.3, 0.4) is 0 Å². The summed E-state index contributed by atoms with van der Waals surface area (Å²) in [7, 11) is -3.13. The van der Waals surface area contributed by atoms with Crippen LogP contribution in [0.4, 0.5) is 17.3 Å². The second-order valence-electron chi connectivity index (χ2n) is 17.8. The van der Waals surface area contributed by atoms with Crippen LogP contribution in [0.1, 0.15) is 100 Å². The van der Waals surface area contributed by atoms with Crippen LogP contribution in [0.2, 0.25) is 0 Å². The zero-order valence-corrected chi connectivity index (χ0v) is 47.9. The van der Waals surface area contributed by atoms with Crippen LogP contribution < -0.4 is 31.8 Å². The van der Waals surface area contributed by atoms with Crippen molar-refractivity contribution >= 4 is 64.1 Å². The van der Waals surface area contributed by atoms with E-state index in [4.69, 9.17) is 0 Å². The minimum absolute atomic E-state index is 0. The van der Waals surface area contributed by atoms with E-state index in [0.29, 0.717) is 0 Å². The topological polar surface area (TPSA) is 0 Å². The number of rotatable bonds is 6. The van der Waals surface area contributed by atoms with Gasteiger partial charge >= 0.3 is 58.8 Å². The number of aryl methyl sites for hydroxylation is 18. The molecular formula is C54H67Au2BClF4P2+. The molecule has 0 aromatic heterocycles. The van der Waals surface area contributed by atoms with Crippen LogP contribution >= 0.6 is 25.0 Å². The molecular weight excluding hydrogens is 1230 g/mol. The van der Waals surface area contributed by atoms with Gasteiger partial charge in [0, 0.05) is 0 Å². The predicted molar refractivity (Wildman–Crippen MR) is 273 cm³/mol. The van der Waals surface area contributed by atoms with Crippen LogP contribution in [-0.4, -0.2) is 7.25 Å². The molecule has 0 aliphatic carbocycles. The van der Waals surface area contributed by atoms with E-state index < -0.39 is 23.1 Å². The molecule has 64 heavy (non-hydrogen) atoms. The van der Waals surface area contributed by atoms with Gasteiger partial charge in [0.2, 0.25) is 0 Å². The van der Waals surface area contributed by atoms with Crippen molar-refractivity contribution in [3.8, 4) is 0 Å². The summed E-state index contributed by atoms with van der Waals surface area (Å²) >= 11 is 1.75. The molecule has 0 fully saturated rings. The van der Waals surface area contributed by atoms with E-state index >= 15 is 0 Å². The fraction of sp³-hybridized carbons (Fsp3) is 0.333. The van der Waals surface area contributed by atoms with Gasteiger partial charge in [0.05, 0.1) is 0 Å². The van der Waals surface area contributed by atoms with Crippen molar-refractivity contribution < 1.29 is 59.6 Å². The number of halogens is 5. The van der Waals surface area contributed by atoms with Crippen LogP contribution in [0.15, 0.2) is 72.8 Å². The Bertz CT molecular complexity index is 2010. The fourth-order valence-corrected chi connectivity index (χ4v) is 16.7. The molecule has 0 atom stereocenters. The molecule has 0 aliphatic heterocycles. The summed E-state index contributed by atoms with van der Waals surface area (Å²) in [5, 5.41) is 9.31. The summed E-state index contributed by atoms with van der Waals surface area (Å²) in [6.07, 6.45) is 0. The maximum absolute atomic E-state index is 9.75. The quantitative estimate of drug-likeness (QED) is 0.0886. The molecule has 0 aliphatic rings. The van der Waals surface area contributed by atoms with Crippen molar-refractivity contribution in [3.63, 3.8) is 0 Å². The SMILES string of the molecule is Cc1cc(C)c(P(c2c(C)cc(C)cc2C)c2c(C)cc(C)cc2C)c(C)c1.Cc1cc(C)c([PH+](c2c(C)cc(C)cc2C)c2c(C)cc(C)cc2C)c(C)c1.F[B-](F)(F)F.[Au+].[Cl][Au]. The Morgan fingerprint density at radius 2 is 0.453 bits per heavy atom. The summed E-state index contributed by atoms with van der Waals surface area (Å²) in [6.45, 7) is 40.8. The Hall–Kier alpha value is -2.26. The predicted octanol–water partition coefficient (Wildman–Crippen LogP) is 14.2. The molecule has 0 saturated heterocycles. The van der Waals surface area contributed by atoms with E-state index in [1.807, 2.05) is 0 Å². The first-order chi connectivity index (χ1) is 29.2. The van der Waals surface area contributed by atoms with Gasteiger partial charge in [0.25, 0.3) is 0 Å². The fourth-order valence-electron chi connectivity index (χ4n) is 10.0. The van der Waals surface area contributed by atoms with Gasteiger partial charge in [-0.05, 0) is 215 Å². The molecule has 6 aromatic rings. The van der Waals surface area contributed by atoms with Gasteiger partial charge < -0.3 is 17.3 Å². The van der Waals surface area contributed by atoms with E-state index in [2.05, 4.69) is 207 Å². The Morgan fingerprint density at radius 3 is 0.594 bits per heavy atom. The molecule has 0 bridgehead atoms. The summed E-state index contributed by atoms with van der Waals surface area (Å²) < 4.78 is 39.0. The molecule has 0 saturated carbocycles. The Kier molecular flexibility index (Phi) is 22.3. The first-order valence-corrected chi connectivity index (χ1v) is 26.9. The molecule has 0 unspecified atom stereocenters. The van der Waals surface area contributed by atoms with Gasteiger partial charge in [-0.2, -0.15) is 0 Å². The van der Waals surface area contributed by atoms with Crippen molar-refractivity contribution in [1.29, 1.82) is 0 Å². The molecule has 0 nitrogen and oxygen atoms in total. The second kappa shape index (κ2) is 24.7. The van der Waals surface area contributed by atoms with Gasteiger partial charge in [-0.25, -0.2) is 0 Å². The standard InChI is InChI=1S/2C27H33P.2Au.BF4.ClH/c2*1-16-10-19(4)25(20(5)11-16)28(26-21(6)12-17(2)13-22(26)7)27-23(8)14-18(3)15-24(27)9;;;2-1(3,4)5;/h2*10-15H,1-9H3;;;;1H/q;;2*+1;-1;. The van der Waals surface area contributed by atoms with Gasteiger partial charge in [0.1, 0.15) is 23.8 Å². The third-order valence-corrected chi connectivity index (χ3v) is 18.7. The summed E-state index contributed by atoms with van der Waals surface area (Å²) in [6, 6.07) is 28.3. The molecule has 0 N–H and O–H groups in total. The zero-order chi connectivity index (χ0) is 48.0. The normalized spacial score (nSPS) is 11.0. The summed E-state index contributed by atoms with van der Waals surface area (Å²) in [4.78, 5) is 0. The molecule has 0 amide bonds. The van der Waals surface area contributed by atoms with Crippen molar-refractivity contribution in [2.75, 3.05) is 0 Å². The van der Waals surface area contributed by atoms with E-state index in [1.54, 1.807) is 35.9 Å². The molecule has 0 spiro atoms. The molecule has 0 heterocycles. The zero-order valence-electron chi connectivity index (χ0n) is 40.9. The Morgan fingerprint density at radius 1 is 0.328 bits per heavy atom. The van der Waals surface area contributed by atoms with Crippen LogP contribution in [0.25, 0.3) is 0 Å². The number of hydrogen-bond acceptors (Lipinski definition) is 0. The van der Waals surface area contributed by atoms with Crippen LogP contribution in [-0.2, 0) is 42.4 Å². The first kappa shape index (κ1) is 57.9. The molecule has 0 radical (unpaired) electrons. The Balaban J connectivity index is 0.000000379. The molecule has 10 heteroatoms. The summed E-state index contributed by atoms with van der Waals surface area (Å²) in [5.41, 5.74) is 25.2. The Labute approximate surface area is 418 Å². The third-order valence-electron chi connectivity index (χ3n) is 11.4. The van der Waals surface area contributed by atoms with Gasteiger partial charge in [-0.3, -0.25) is 0 Å². The average Bonchev–Trinajstić information content (AvgIpc) is 3.09. The minimum atomic E-state index is -6.00. The van der Waals surface area contributed by atoms with E-state index in [9.17, 15) is 17.3 Å². The molecule has 6 rings (SSSR count). The van der Waals surface area contributed by atoms with Crippen LogP contribution in [0.5, 0.6) is 0 Å². The summed E-state index contributed by atoms with van der Waals surface area (Å²) in [5.74, 6) is 0. The van der Waals surface area contributed by atoms with Crippen molar-refractivity contribution in [2.45, 2.75) is 125 Å². The van der Waals surface area contributed by atoms with Gasteiger partial charge in [0.15, 0.2) is 0 Å². The maximum atomic E-state index is 9.75. The third kappa shape index (κ3) is 14.9. The van der Waals surface area contributed by atoms with E-state index in [1.165, 1.54) is 116 Å². The monoisotopic (exact) mass is 1290 g/mol. The number of benzene rings is 6. The van der Waals surface area contributed by atoms with Crippen LogP contribution in [0, 0.1) is 125 Å². The van der Waals surface area contributed by atoms with Crippen molar-refractivity contribution in [2.24, 2.45) is 0 Å². The molecule has 352 valence electrons. The van der Waals surface area contributed by atoms with Crippen molar-refractivity contribution in [1.82, 2.24) is 0 Å². The second-order valence-corrected chi connectivity index (χ2v) is 22.0. The van der Waals surface area contributed by atoms with E-state index in [0.717, 1.165) is 0 Å². The average molecular weight is 1290 g/mol. The van der Waals surface area contributed by atoms with Gasteiger partial charge in [-0.15, -0.1) is 0 Å². The van der Waals surface area contributed by atoms with Gasteiger partial charge in [-0.1, -0.05) is 106 Å². The van der Waals surface area contributed by atoms with E-state index in [-0.39, 0.29) is 22.4 Å². The molecule has 6 aromatic carbocycles. The first-order valence-electron chi connectivity index (χ1n) is 21.3.